The highest BCUT2D eigenvalue weighted by Gasteiger charge is 2.23. The molecule has 3 aromatic rings. The summed E-state index contributed by atoms with van der Waals surface area (Å²) in [7, 11) is 0. The summed E-state index contributed by atoms with van der Waals surface area (Å²) in [4.78, 5) is 30.3. The highest BCUT2D eigenvalue weighted by molar-refractivity contribution is 6.35. The van der Waals surface area contributed by atoms with Gasteiger partial charge in [-0.15, -0.1) is 0 Å². The first kappa shape index (κ1) is 17.1. The fourth-order valence-electron chi connectivity index (χ4n) is 3.07. The standard InChI is InChI=1S/C18H15Cl2N5O/c19-14-7-22-8-15(20)12(14)9-25-5-3-16-13(10-25)18(26)24-17(23-16)11-2-1-4-21-6-11/h1-2,4,6-8H,3,5,9-10H2,(H,23,24,26). The van der Waals surface area contributed by atoms with Crippen LogP contribution in [0.5, 0.6) is 0 Å². The molecule has 8 heteroatoms. The lowest BCUT2D eigenvalue weighted by Gasteiger charge is -2.28. The number of hydrogen-bond acceptors (Lipinski definition) is 5. The van der Waals surface area contributed by atoms with Gasteiger partial charge < -0.3 is 4.98 Å². The number of pyridine rings is 2. The second-order valence-electron chi connectivity index (χ2n) is 6.12. The fourth-order valence-corrected chi connectivity index (χ4v) is 3.55. The Kier molecular flexibility index (Phi) is 4.72. The molecule has 0 aromatic carbocycles. The van der Waals surface area contributed by atoms with Crippen LogP contribution in [-0.2, 0) is 19.5 Å². The van der Waals surface area contributed by atoms with Crippen LogP contribution in [0.3, 0.4) is 0 Å². The van der Waals surface area contributed by atoms with Crippen LogP contribution in [-0.4, -0.2) is 31.4 Å². The van der Waals surface area contributed by atoms with E-state index < -0.39 is 0 Å². The van der Waals surface area contributed by atoms with Gasteiger partial charge in [0.05, 0.1) is 21.3 Å². The first-order chi connectivity index (χ1) is 12.6. The van der Waals surface area contributed by atoms with Crippen molar-refractivity contribution in [2.24, 2.45) is 0 Å². The Morgan fingerprint density at radius 2 is 1.96 bits per heavy atom. The topological polar surface area (TPSA) is 74.8 Å². The van der Waals surface area contributed by atoms with E-state index in [0.29, 0.717) is 40.9 Å². The molecule has 0 unspecified atom stereocenters. The number of fused-ring (bicyclic) bond motifs is 1. The van der Waals surface area contributed by atoms with E-state index in [0.717, 1.165) is 23.4 Å². The Labute approximate surface area is 159 Å². The summed E-state index contributed by atoms with van der Waals surface area (Å²) >= 11 is 12.4. The first-order valence-corrected chi connectivity index (χ1v) is 8.90. The molecule has 0 aliphatic carbocycles. The first-order valence-electron chi connectivity index (χ1n) is 8.14. The lowest BCUT2D eigenvalue weighted by Crippen LogP contribution is -2.35. The summed E-state index contributed by atoms with van der Waals surface area (Å²) in [6, 6.07) is 3.69. The fraction of sp³-hybridized carbons (Fsp3) is 0.222. The zero-order chi connectivity index (χ0) is 18.1. The van der Waals surface area contributed by atoms with Gasteiger partial charge in [0.2, 0.25) is 0 Å². The lowest BCUT2D eigenvalue weighted by atomic mass is 10.1. The van der Waals surface area contributed by atoms with Crippen LogP contribution in [0.4, 0.5) is 0 Å². The van der Waals surface area contributed by atoms with Crippen LogP contribution in [0.15, 0.2) is 41.7 Å². The maximum absolute atomic E-state index is 12.6. The lowest BCUT2D eigenvalue weighted by molar-refractivity contribution is 0.242. The molecule has 0 bridgehead atoms. The van der Waals surface area contributed by atoms with E-state index in [9.17, 15) is 4.79 Å². The summed E-state index contributed by atoms with van der Waals surface area (Å²) in [5.41, 5.74) is 3.01. The van der Waals surface area contributed by atoms with Gasteiger partial charge in [-0.2, -0.15) is 0 Å². The maximum atomic E-state index is 12.6. The quantitative estimate of drug-likeness (QED) is 0.747. The summed E-state index contributed by atoms with van der Waals surface area (Å²) in [5, 5.41) is 1.06. The van der Waals surface area contributed by atoms with Crippen LogP contribution >= 0.6 is 23.2 Å². The van der Waals surface area contributed by atoms with Crippen molar-refractivity contribution in [2.45, 2.75) is 19.5 Å². The minimum Gasteiger partial charge on any atom is -0.306 e. The number of H-pyrrole nitrogens is 1. The second kappa shape index (κ2) is 7.15. The Morgan fingerprint density at radius 3 is 2.69 bits per heavy atom. The third-order valence-electron chi connectivity index (χ3n) is 4.42. The van der Waals surface area contributed by atoms with Crippen LogP contribution in [0, 0.1) is 0 Å². The van der Waals surface area contributed by atoms with E-state index in [4.69, 9.17) is 23.2 Å². The largest absolute Gasteiger partial charge is 0.306 e. The molecule has 0 spiro atoms. The van der Waals surface area contributed by atoms with E-state index in [1.54, 1.807) is 24.8 Å². The minimum atomic E-state index is -0.120. The van der Waals surface area contributed by atoms with Crippen LogP contribution < -0.4 is 5.56 Å². The highest BCUT2D eigenvalue weighted by atomic mass is 35.5. The van der Waals surface area contributed by atoms with E-state index >= 15 is 0 Å². The maximum Gasteiger partial charge on any atom is 0.255 e. The Hall–Kier alpha value is -2.28. The summed E-state index contributed by atoms with van der Waals surface area (Å²) in [6.07, 6.45) is 7.22. The van der Waals surface area contributed by atoms with Gasteiger partial charge >= 0.3 is 0 Å². The molecule has 0 amide bonds. The molecule has 4 heterocycles. The van der Waals surface area contributed by atoms with Crippen LogP contribution in [0.2, 0.25) is 10.0 Å². The van der Waals surface area contributed by atoms with Crippen molar-refractivity contribution < 1.29 is 0 Å². The molecule has 3 aromatic heterocycles. The molecule has 0 saturated carbocycles. The van der Waals surface area contributed by atoms with Gasteiger partial charge in [0.25, 0.3) is 5.56 Å². The van der Waals surface area contributed by atoms with Gasteiger partial charge in [-0.25, -0.2) is 4.98 Å². The van der Waals surface area contributed by atoms with Crippen molar-refractivity contribution in [1.29, 1.82) is 0 Å². The monoisotopic (exact) mass is 387 g/mol. The molecule has 0 fully saturated rings. The van der Waals surface area contributed by atoms with Crippen molar-refractivity contribution in [2.75, 3.05) is 6.54 Å². The molecule has 6 nitrogen and oxygen atoms in total. The Morgan fingerprint density at radius 1 is 1.15 bits per heavy atom. The SMILES string of the molecule is O=c1[nH]c(-c2cccnc2)nc2c1CN(Cc1c(Cl)cncc1Cl)CC2. The summed E-state index contributed by atoms with van der Waals surface area (Å²) in [6.45, 7) is 1.83. The molecule has 0 saturated heterocycles. The molecule has 26 heavy (non-hydrogen) atoms. The molecule has 1 aliphatic heterocycles. The molecule has 0 radical (unpaired) electrons. The van der Waals surface area contributed by atoms with Crippen molar-refractivity contribution in [1.82, 2.24) is 24.8 Å². The second-order valence-corrected chi connectivity index (χ2v) is 6.94. The Bertz CT molecular complexity index is 986. The molecule has 132 valence electrons. The Balaban J connectivity index is 1.61. The summed E-state index contributed by atoms with van der Waals surface area (Å²) in [5.74, 6) is 0.551. The molecule has 4 rings (SSSR count). The van der Waals surface area contributed by atoms with Crippen molar-refractivity contribution in [3.05, 3.63) is 74.1 Å². The highest BCUT2D eigenvalue weighted by Crippen LogP contribution is 2.26. The van der Waals surface area contributed by atoms with Gasteiger partial charge in [0.15, 0.2) is 0 Å². The van der Waals surface area contributed by atoms with Crippen molar-refractivity contribution in [3.63, 3.8) is 0 Å². The molecule has 1 aliphatic rings. The van der Waals surface area contributed by atoms with Crippen LogP contribution in [0.25, 0.3) is 11.4 Å². The molecule has 1 N–H and O–H groups in total. The van der Waals surface area contributed by atoms with E-state index in [-0.39, 0.29) is 5.56 Å². The third-order valence-corrected chi connectivity index (χ3v) is 5.07. The zero-order valence-electron chi connectivity index (χ0n) is 13.7. The van der Waals surface area contributed by atoms with E-state index in [2.05, 4.69) is 24.8 Å². The summed E-state index contributed by atoms with van der Waals surface area (Å²) < 4.78 is 0. The normalized spacial score (nSPS) is 14.2. The van der Waals surface area contributed by atoms with Crippen molar-refractivity contribution >= 4 is 23.2 Å². The third kappa shape index (κ3) is 3.35. The van der Waals surface area contributed by atoms with E-state index in [1.165, 1.54) is 0 Å². The number of aromatic nitrogens is 4. The number of nitrogens with one attached hydrogen (secondary N) is 1. The molecular weight excluding hydrogens is 373 g/mol. The van der Waals surface area contributed by atoms with Gasteiger partial charge in [-0.1, -0.05) is 23.2 Å². The van der Waals surface area contributed by atoms with Crippen molar-refractivity contribution in [3.8, 4) is 11.4 Å². The van der Waals surface area contributed by atoms with Crippen LogP contribution in [0.1, 0.15) is 16.8 Å². The predicted octanol–water partition coefficient (Wildman–Crippen LogP) is 3.09. The number of rotatable bonds is 3. The van der Waals surface area contributed by atoms with Gasteiger partial charge in [-0.05, 0) is 12.1 Å². The zero-order valence-corrected chi connectivity index (χ0v) is 15.3. The number of aromatic amines is 1. The average Bonchev–Trinajstić information content (AvgIpc) is 2.66. The number of nitrogens with zero attached hydrogens (tertiary/aromatic N) is 4. The van der Waals surface area contributed by atoms with Gasteiger partial charge in [-0.3, -0.25) is 19.7 Å². The predicted molar refractivity (Wildman–Crippen MR) is 100 cm³/mol. The van der Waals surface area contributed by atoms with Gasteiger partial charge in [0, 0.05) is 62.0 Å². The van der Waals surface area contributed by atoms with Gasteiger partial charge in [0.1, 0.15) is 5.82 Å². The number of hydrogen-bond donors (Lipinski definition) is 1. The average molecular weight is 388 g/mol. The van der Waals surface area contributed by atoms with E-state index in [1.807, 2.05) is 12.1 Å². The smallest absolute Gasteiger partial charge is 0.255 e. The minimum absolute atomic E-state index is 0.120. The molecular formula is C18H15Cl2N5O. The molecule has 0 atom stereocenters. The number of halogens is 2.